The first-order valence-electron chi connectivity index (χ1n) is 10.9. The van der Waals surface area contributed by atoms with E-state index in [1.165, 1.54) is 17.4 Å². The third-order valence-electron chi connectivity index (χ3n) is 6.47. The molecule has 0 saturated carbocycles. The fraction of sp³-hybridized carbons (Fsp3) is 0.714. The van der Waals surface area contributed by atoms with Crippen LogP contribution in [0.25, 0.3) is 0 Å². The summed E-state index contributed by atoms with van der Waals surface area (Å²) in [5.41, 5.74) is -0.403. The summed E-state index contributed by atoms with van der Waals surface area (Å²) in [5, 5.41) is 0. The molecule has 0 radical (unpaired) electrons. The van der Waals surface area contributed by atoms with Crippen LogP contribution in [0.15, 0.2) is 12.5 Å². The van der Waals surface area contributed by atoms with Gasteiger partial charge in [0.05, 0.1) is 19.1 Å². The summed E-state index contributed by atoms with van der Waals surface area (Å²) in [6, 6.07) is -0.187. The third kappa shape index (κ3) is 3.71. The highest BCUT2D eigenvalue weighted by Gasteiger charge is 2.58. The van der Waals surface area contributed by atoms with E-state index in [2.05, 4.69) is 23.8 Å². The fourth-order valence-electron chi connectivity index (χ4n) is 4.88. The highest BCUT2D eigenvalue weighted by molar-refractivity contribution is 6.07. The van der Waals surface area contributed by atoms with E-state index in [0.29, 0.717) is 51.3 Å². The predicted octanol–water partition coefficient (Wildman–Crippen LogP) is 1.73. The number of aromatic nitrogens is 2. The molecule has 0 bridgehead atoms. The number of nitrogens with zero attached hydrogens (tertiary/aromatic N) is 4. The lowest BCUT2D eigenvalue weighted by molar-refractivity contribution is -0.136. The zero-order chi connectivity index (χ0) is 21.3. The van der Waals surface area contributed by atoms with Gasteiger partial charge in [0.2, 0.25) is 0 Å². The van der Waals surface area contributed by atoms with Gasteiger partial charge in [-0.05, 0) is 31.6 Å². The lowest BCUT2D eigenvalue weighted by Gasteiger charge is -2.42. The zero-order valence-corrected chi connectivity index (χ0v) is 17.8. The molecule has 1 aromatic rings. The maximum absolute atomic E-state index is 13.6. The quantitative estimate of drug-likeness (QED) is 0.736. The molecule has 9 heteroatoms. The van der Waals surface area contributed by atoms with Gasteiger partial charge < -0.3 is 19.5 Å². The number of urea groups is 1. The summed E-state index contributed by atoms with van der Waals surface area (Å²) in [6.45, 7) is 7.29. The number of amides is 4. The van der Waals surface area contributed by atoms with Crippen LogP contribution in [0, 0.1) is 11.8 Å². The molecular weight excluding hydrogens is 386 g/mol. The number of aromatic amines is 1. The van der Waals surface area contributed by atoms with Gasteiger partial charge in [0.15, 0.2) is 0 Å². The van der Waals surface area contributed by atoms with Crippen molar-refractivity contribution in [2.45, 2.75) is 45.1 Å². The summed E-state index contributed by atoms with van der Waals surface area (Å²) >= 11 is 0. The molecular formula is C21H31N5O4. The van der Waals surface area contributed by atoms with E-state index in [-0.39, 0.29) is 29.7 Å². The second kappa shape index (κ2) is 8.37. The van der Waals surface area contributed by atoms with Crippen LogP contribution >= 0.6 is 0 Å². The zero-order valence-electron chi connectivity index (χ0n) is 17.8. The van der Waals surface area contributed by atoms with E-state index in [4.69, 9.17) is 4.74 Å². The number of piperidine rings is 1. The number of rotatable bonds is 5. The Morgan fingerprint density at radius 1 is 1.33 bits per heavy atom. The average Bonchev–Trinajstić information content (AvgIpc) is 3.34. The second-order valence-corrected chi connectivity index (χ2v) is 9.08. The van der Waals surface area contributed by atoms with E-state index in [1.54, 1.807) is 9.80 Å². The monoisotopic (exact) mass is 417 g/mol. The second-order valence-electron chi connectivity index (χ2n) is 9.08. The molecule has 3 aliphatic heterocycles. The summed E-state index contributed by atoms with van der Waals surface area (Å²) < 4.78 is 5.55. The van der Waals surface area contributed by atoms with Gasteiger partial charge in [-0.25, -0.2) is 9.78 Å². The Labute approximate surface area is 176 Å². The molecule has 3 fully saturated rings. The van der Waals surface area contributed by atoms with Crippen LogP contribution in [-0.2, 0) is 9.53 Å². The summed E-state index contributed by atoms with van der Waals surface area (Å²) in [7, 11) is 0. The Morgan fingerprint density at radius 2 is 2.10 bits per heavy atom. The highest BCUT2D eigenvalue weighted by atomic mass is 16.5. The lowest BCUT2D eigenvalue weighted by atomic mass is 9.85. The van der Waals surface area contributed by atoms with Crippen molar-refractivity contribution in [2.75, 3.05) is 39.4 Å². The Kier molecular flexibility index (Phi) is 5.81. The molecule has 9 nitrogen and oxygen atoms in total. The number of H-pyrrole nitrogens is 1. The molecule has 4 rings (SSSR count). The molecule has 0 aromatic carbocycles. The molecule has 164 valence electrons. The molecule has 3 saturated heterocycles. The van der Waals surface area contributed by atoms with Gasteiger partial charge in [-0.15, -0.1) is 0 Å². The predicted molar refractivity (Wildman–Crippen MR) is 109 cm³/mol. The summed E-state index contributed by atoms with van der Waals surface area (Å²) in [4.78, 5) is 51.3. The standard InChI is InChI=1S/C21H31N5O4/c1-15(2)11-26-20(29)25(12-16-4-3-9-30-13-16)19(28)21(26)5-7-24(8-6-21)18(27)17-10-22-14-23-17/h10,14-16H,3-9,11-13H2,1-2H3,(H,22,23). The van der Waals surface area contributed by atoms with E-state index >= 15 is 0 Å². The normalized spacial score (nSPS) is 24.4. The van der Waals surface area contributed by atoms with Crippen LogP contribution in [0.1, 0.15) is 50.0 Å². The lowest BCUT2D eigenvalue weighted by Crippen LogP contribution is -2.58. The van der Waals surface area contributed by atoms with Crippen molar-refractivity contribution in [3.63, 3.8) is 0 Å². The molecule has 0 aliphatic carbocycles. The number of nitrogens with one attached hydrogen (secondary N) is 1. The number of carbonyl (C=O) groups excluding carboxylic acids is 3. The molecule has 1 unspecified atom stereocenters. The summed E-state index contributed by atoms with van der Waals surface area (Å²) in [6.07, 6.45) is 5.85. The maximum Gasteiger partial charge on any atom is 0.327 e. The molecule has 3 aliphatic rings. The van der Waals surface area contributed by atoms with Gasteiger partial charge in [-0.3, -0.25) is 14.5 Å². The number of hydrogen-bond donors (Lipinski definition) is 1. The fourth-order valence-corrected chi connectivity index (χ4v) is 4.88. The molecule has 1 spiro atoms. The largest absolute Gasteiger partial charge is 0.381 e. The number of carbonyl (C=O) groups is 3. The minimum absolute atomic E-state index is 0.104. The van der Waals surface area contributed by atoms with Gasteiger partial charge in [0.1, 0.15) is 11.2 Å². The minimum atomic E-state index is -0.846. The third-order valence-corrected chi connectivity index (χ3v) is 6.47. The Bertz CT molecular complexity index is 779. The van der Waals surface area contributed by atoms with Crippen molar-refractivity contribution in [3.05, 3.63) is 18.2 Å². The highest BCUT2D eigenvalue weighted by Crippen LogP contribution is 2.38. The first kappa shape index (κ1) is 20.8. The van der Waals surface area contributed by atoms with Gasteiger partial charge in [-0.2, -0.15) is 0 Å². The van der Waals surface area contributed by atoms with Crippen LogP contribution in [0.3, 0.4) is 0 Å². The SMILES string of the molecule is CC(C)CN1C(=O)N(CC2CCCOC2)C(=O)C12CCN(C(=O)c1cnc[nH]1)CC2. The first-order chi connectivity index (χ1) is 14.4. The van der Waals surface area contributed by atoms with Crippen LogP contribution in [0.4, 0.5) is 4.79 Å². The maximum atomic E-state index is 13.6. The van der Waals surface area contributed by atoms with Crippen molar-refractivity contribution >= 4 is 17.8 Å². The van der Waals surface area contributed by atoms with Crippen LogP contribution in [0.2, 0.25) is 0 Å². The van der Waals surface area contributed by atoms with Crippen LogP contribution < -0.4 is 0 Å². The average molecular weight is 418 g/mol. The molecule has 30 heavy (non-hydrogen) atoms. The van der Waals surface area contributed by atoms with Gasteiger partial charge in [0, 0.05) is 38.7 Å². The topological polar surface area (TPSA) is 98.8 Å². The van der Waals surface area contributed by atoms with Crippen molar-refractivity contribution in [2.24, 2.45) is 11.8 Å². The van der Waals surface area contributed by atoms with Crippen molar-refractivity contribution in [1.82, 2.24) is 24.7 Å². The van der Waals surface area contributed by atoms with Crippen molar-refractivity contribution in [1.29, 1.82) is 0 Å². The van der Waals surface area contributed by atoms with Gasteiger partial charge in [0.25, 0.3) is 11.8 Å². The van der Waals surface area contributed by atoms with E-state index in [0.717, 1.165) is 19.4 Å². The molecule has 1 aromatic heterocycles. The smallest absolute Gasteiger partial charge is 0.327 e. The van der Waals surface area contributed by atoms with Gasteiger partial charge >= 0.3 is 6.03 Å². The van der Waals surface area contributed by atoms with Crippen LogP contribution in [0.5, 0.6) is 0 Å². The Morgan fingerprint density at radius 3 is 2.70 bits per heavy atom. The van der Waals surface area contributed by atoms with Crippen molar-refractivity contribution < 1.29 is 19.1 Å². The minimum Gasteiger partial charge on any atom is -0.381 e. The molecule has 4 heterocycles. The van der Waals surface area contributed by atoms with E-state index in [9.17, 15) is 14.4 Å². The van der Waals surface area contributed by atoms with Crippen LogP contribution in [-0.4, -0.2) is 87.4 Å². The Hall–Kier alpha value is -2.42. The Balaban J connectivity index is 1.51. The summed E-state index contributed by atoms with van der Waals surface area (Å²) in [5.74, 6) is 0.226. The molecule has 1 N–H and O–H groups in total. The molecule has 1 atom stereocenters. The number of ether oxygens (including phenoxy) is 1. The van der Waals surface area contributed by atoms with E-state index < -0.39 is 5.54 Å². The number of hydrogen-bond acceptors (Lipinski definition) is 5. The number of likely N-dealkylation sites (tertiary alicyclic amines) is 1. The number of imide groups is 1. The first-order valence-corrected chi connectivity index (χ1v) is 10.9. The molecule has 4 amide bonds. The van der Waals surface area contributed by atoms with Crippen molar-refractivity contribution in [3.8, 4) is 0 Å². The van der Waals surface area contributed by atoms with Gasteiger partial charge in [-0.1, -0.05) is 13.8 Å². The number of imidazole rings is 1. The van der Waals surface area contributed by atoms with E-state index in [1.807, 2.05) is 0 Å².